The van der Waals surface area contributed by atoms with Crippen molar-refractivity contribution in [2.45, 2.75) is 20.0 Å². The molecule has 0 fully saturated rings. The molecule has 7 heteroatoms. The van der Waals surface area contributed by atoms with E-state index in [0.717, 1.165) is 26.5 Å². The normalized spacial score (nSPS) is 12.0. The Morgan fingerprint density at radius 2 is 2.00 bits per heavy atom. The highest BCUT2D eigenvalue weighted by atomic mass is 32.1. The Bertz CT molecular complexity index is 1160. The number of nitrogens with zero attached hydrogens (tertiary/aromatic N) is 2. The molecule has 2 aromatic heterocycles. The molecule has 4 rings (SSSR count). The van der Waals surface area contributed by atoms with Crippen LogP contribution < -0.4 is 10.1 Å². The summed E-state index contributed by atoms with van der Waals surface area (Å²) in [7, 11) is 0. The average molecular weight is 407 g/mol. The van der Waals surface area contributed by atoms with Crippen molar-refractivity contribution in [3.63, 3.8) is 0 Å². The summed E-state index contributed by atoms with van der Waals surface area (Å²) in [6, 6.07) is 15.5. The Kier molecular flexibility index (Phi) is 5.22. The van der Waals surface area contributed by atoms with Gasteiger partial charge < -0.3 is 10.1 Å². The van der Waals surface area contributed by atoms with E-state index in [4.69, 9.17) is 4.74 Å². The van der Waals surface area contributed by atoms with Crippen molar-refractivity contribution < 1.29 is 13.9 Å². The third-order valence-corrected chi connectivity index (χ3v) is 5.44. The zero-order valence-electron chi connectivity index (χ0n) is 15.8. The maximum absolute atomic E-state index is 13.7. The van der Waals surface area contributed by atoms with Crippen molar-refractivity contribution in [1.29, 1.82) is 0 Å². The molecular formula is C22H18FN3O2S. The second-order valence-corrected chi connectivity index (χ2v) is 7.53. The van der Waals surface area contributed by atoms with Crippen LogP contribution in [0.1, 0.15) is 12.5 Å². The van der Waals surface area contributed by atoms with Crippen LogP contribution in [-0.4, -0.2) is 22.0 Å². The Morgan fingerprint density at radius 3 is 2.76 bits per heavy atom. The summed E-state index contributed by atoms with van der Waals surface area (Å²) >= 11 is 1.52. The molecule has 2 heterocycles. The van der Waals surface area contributed by atoms with Crippen LogP contribution in [0.4, 0.5) is 10.1 Å². The van der Waals surface area contributed by atoms with Gasteiger partial charge in [-0.05, 0) is 61.9 Å². The fraction of sp³-hybridized carbons (Fsp3) is 0.136. The van der Waals surface area contributed by atoms with E-state index in [1.807, 2.05) is 37.3 Å². The number of ether oxygens (including phenoxy) is 1. The van der Waals surface area contributed by atoms with Crippen LogP contribution in [0.25, 0.3) is 20.9 Å². The van der Waals surface area contributed by atoms with Gasteiger partial charge in [0, 0.05) is 17.4 Å². The SMILES string of the molecule is Cc1cc(-c2nc3cccnc3s2)ccc1NC(=O)C(C)Oc1ccccc1F. The monoisotopic (exact) mass is 407 g/mol. The highest BCUT2D eigenvalue weighted by molar-refractivity contribution is 7.21. The lowest BCUT2D eigenvalue weighted by Crippen LogP contribution is -2.30. The van der Waals surface area contributed by atoms with Gasteiger partial charge in [0.15, 0.2) is 17.7 Å². The van der Waals surface area contributed by atoms with Crippen LogP contribution in [0.3, 0.4) is 0 Å². The van der Waals surface area contributed by atoms with E-state index in [9.17, 15) is 9.18 Å². The van der Waals surface area contributed by atoms with Gasteiger partial charge in [0.05, 0.1) is 0 Å². The van der Waals surface area contributed by atoms with Crippen molar-refractivity contribution in [2.75, 3.05) is 5.32 Å². The van der Waals surface area contributed by atoms with Crippen LogP contribution in [0.5, 0.6) is 5.75 Å². The largest absolute Gasteiger partial charge is 0.478 e. The van der Waals surface area contributed by atoms with E-state index in [1.54, 1.807) is 25.3 Å². The lowest BCUT2D eigenvalue weighted by Gasteiger charge is -2.16. The number of aryl methyl sites for hydroxylation is 1. The van der Waals surface area contributed by atoms with Gasteiger partial charge in [-0.1, -0.05) is 23.5 Å². The molecule has 0 aliphatic rings. The van der Waals surface area contributed by atoms with E-state index < -0.39 is 11.9 Å². The molecule has 5 nitrogen and oxygen atoms in total. The predicted octanol–water partition coefficient (Wildman–Crippen LogP) is 5.21. The minimum absolute atomic E-state index is 0.0478. The molecule has 0 saturated heterocycles. The van der Waals surface area contributed by atoms with Gasteiger partial charge in [0.25, 0.3) is 5.91 Å². The number of thiazole rings is 1. The van der Waals surface area contributed by atoms with Crippen LogP contribution in [0, 0.1) is 12.7 Å². The molecule has 0 bridgehead atoms. The van der Waals surface area contributed by atoms with Crippen molar-refractivity contribution >= 4 is 33.3 Å². The van der Waals surface area contributed by atoms with Crippen molar-refractivity contribution in [1.82, 2.24) is 9.97 Å². The number of anilines is 1. The van der Waals surface area contributed by atoms with Crippen molar-refractivity contribution in [3.05, 3.63) is 72.2 Å². The van der Waals surface area contributed by atoms with Gasteiger partial charge in [-0.15, -0.1) is 0 Å². The highest BCUT2D eigenvalue weighted by Gasteiger charge is 2.18. The second-order valence-electron chi connectivity index (χ2n) is 6.56. The topological polar surface area (TPSA) is 64.1 Å². The summed E-state index contributed by atoms with van der Waals surface area (Å²) in [4.78, 5) is 22.3. The van der Waals surface area contributed by atoms with Gasteiger partial charge in [-0.2, -0.15) is 0 Å². The summed E-state index contributed by atoms with van der Waals surface area (Å²) in [5.41, 5.74) is 3.38. The summed E-state index contributed by atoms with van der Waals surface area (Å²) in [6.45, 7) is 3.49. The molecule has 1 amide bonds. The molecule has 0 aliphatic carbocycles. The number of hydrogen-bond donors (Lipinski definition) is 1. The summed E-state index contributed by atoms with van der Waals surface area (Å²) < 4.78 is 19.2. The molecule has 0 spiro atoms. The van der Waals surface area contributed by atoms with Crippen LogP contribution in [0.2, 0.25) is 0 Å². The Hall–Kier alpha value is -3.32. The summed E-state index contributed by atoms with van der Waals surface area (Å²) in [6.07, 6.45) is 0.903. The molecule has 0 aliphatic heterocycles. The van der Waals surface area contributed by atoms with Gasteiger partial charge in [0.1, 0.15) is 15.4 Å². The first-order valence-corrected chi connectivity index (χ1v) is 9.87. The Balaban J connectivity index is 1.49. The predicted molar refractivity (Wildman–Crippen MR) is 113 cm³/mol. The molecule has 0 saturated carbocycles. The van der Waals surface area contributed by atoms with Gasteiger partial charge in [-0.3, -0.25) is 4.79 Å². The molecule has 2 aromatic carbocycles. The third kappa shape index (κ3) is 4.09. The second kappa shape index (κ2) is 7.97. The number of halogens is 1. The van der Waals surface area contributed by atoms with E-state index >= 15 is 0 Å². The fourth-order valence-corrected chi connectivity index (χ4v) is 3.75. The number of nitrogens with one attached hydrogen (secondary N) is 1. The van der Waals surface area contributed by atoms with E-state index in [2.05, 4.69) is 15.3 Å². The molecule has 1 atom stereocenters. The standard InChI is InChI=1S/C22H18FN3O2S/c1-13-12-15(21-26-18-7-5-11-24-22(18)29-21)9-10-17(13)25-20(27)14(2)28-19-8-4-3-6-16(19)23/h3-12,14H,1-2H3,(H,25,27). The minimum Gasteiger partial charge on any atom is -0.478 e. The lowest BCUT2D eigenvalue weighted by atomic mass is 10.1. The summed E-state index contributed by atoms with van der Waals surface area (Å²) in [5.74, 6) is -0.807. The number of aromatic nitrogens is 2. The molecule has 0 radical (unpaired) electrons. The molecular weight excluding hydrogens is 389 g/mol. The zero-order chi connectivity index (χ0) is 20.4. The van der Waals surface area contributed by atoms with E-state index in [-0.39, 0.29) is 11.7 Å². The average Bonchev–Trinajstić information content (AvgIpc) is 3.15. The first kappa shape index (κ1) is 19.0. The van der Waals surface area contributed by atoms with Crippen molar-refractivity contribution in [2.24, 2.45) is 0 Å². The Labute approximate surface area is 171 Å². The van der Waals surface area contributed by atoms with Crippen LogP contribution in [-0.2, 0) is 4.79 Å². The van der Waals surface area contributed by atoms with E-state index in [1.165, 1.54) is 23.5 Å². The number of fused-ring (bicyclic) bond motifs is 1. The highest BCUT2D eigenvalue weighted by Crippen LogP contribution is 2.31. The molecule has 1 N–H and O–H groups in total. The third-order valence-electron chi connectivity index (χ3n) is 4.41. The number of amides is 1. The number of pyridine rings is 1. The van der Waals surface area contributed by atoms with Gasteiger partial charge in [0.2, 0.25) is 0 Å². The van der Waals surface area contributed by atoms with Crippen LogP contribution >= 0.6 is 11.3 Å². The smallest absolute Gasteiger partial charge is 0.265 e. The number of rotatable bonds is 5. The summed E-state index contributed by atoms with van der Waals surface area (Å²) in [5, 5.41) is 3.71. The quantitative estimate of drug-likeness (QED) is 0.493. The molecule has 1 unspecified atom stereocenters. The number of carbonyl (C=O) groups excluding carboxylic acids is 1. The fourth-order valence-electron chi connectivity index (χ4n) is 2.85. The molecule has 29 heavy (non-hydrogen) atoms. The maximum atomic E-state index is 13.7. The zero-order valence-corrected chi connectivity index (χ0v) is 16.7. The number of benzene rings is 2. The molecule has 146 valence electrons. The van der Waals surface area contributed by atoms with Gasteiger partial charge in [-0.25, -0.2) is 14.4 Å². The maximum Gasteiger partial charge on any atom is 0.265 e. The van der Waals surface area contributed by atoms with E-state index in [0.29, 0.717) is 5.69 Å². The first-order chi connectivity index (χ1) is 14.0. The number of carbonyl (C=O) groups is 1. The minimum atomic E-state index is -0.846. The first-order valence-electron chi connectivity index (χ1n) is 9.06. The van der Waals surface area contributed by atoms with Crippen LogP contribution in [0.15, 0.2) is 60.8 Å². The van der Waals surface area contributed by atoms with Crippen molar-refractivity contribution in [3.8, 4) is 16.3 Å². The number of para-hydroxylation sites is 1. The Morgan fingerprint density at radius 1 is 1.17 bits per heavy atom. The molecule has 4 aromatic rings. The van der Waals surface area contributed by atoms with Gasteiger partial charge >= 0.3 is 0 Å². The number of hydrogen-bond acceptors (Lipinski definition) is 5. The lowest BCUT2D eigenvalue weighted by molar-refractivity contribution is -0.122.